The highest BCUT2D eigenvalue weighted by molar-refractivity contribution is 9.10. The molecule has 1 atom stereocenters. The van der Waals surface area contributed by atoms with Crippen LogP contribution in [0.25, 0.3) is 0 Å². The largest absolute Gasteiger partial charge is 0.445 e. The van der Waals surface area contributed by atoms with Gasteiger partial charge in [-0.2, -0.15) is 0 Å². The predicted octanol–water partition coefficient (Wildman–Crippen LogP) is 4.07. The molecule has 0 aliphatic carbocycles. The fourth-order valence-corrected chi connectivity index (χ4v) is 2.51. The van der Waals surface area contributed by atoms with Gasteiger partial charge in [-0.1, -0.05) is 37.3 Å². The number of carbonyl (C=O) groups excluding carboxylic acids is 2. The maximum atomic E-state index is 12.6. The molecule has 0 spiro atoms. The summed E-state index contributed by atoms with van der Waals surface area (Å²) in [6.07, 6.45) is 1.51. The minimum absolute atomic E-state index is 0.172. The summed E-state index contributed by atoms with van der Waals surface area (Å²) < 4.78 is 6.08. The van der Waals surface area contributed by atoms with Gasteiger partial charge >= 0.3 is 6.09 Å². The molecule has 1 aromatic carbocycles. The number of nitrogens with zero attached hydrogens (tertiary/aromatic N) is 2. The molecule has 0 saturated heterocycles. The molecule has 126 valence electrons. The lowest BCUT2D eigenvalue weighted by atomic mass is 10.1. The highest BCUT2D eigenvalue weighted by Crippen LogP contribution is 2.14. The summed E-state index contributed by atoms with van der Waals surface area (Å²) in [5.74, 6) is -0.204. The molecular formula is C18H19BrN2O3. The quantitative estimate of drug-likeness (QED) is 0.697. The average molecular weight is 391 g/mol. The van der Waals surface area contributed by atoms with Gasteiger partial charge in [0.15, 0.2) is 0 Å². The zero-order chi connectivity index (χ0) is 17.5. The third kappa shape index (κ3) is 4.64. The van der Waals surface area contributed by atoms with Crippen molar-refractivity contribution in [3.8, 4) is 0 Å². The smallest absolute Gasteiger partial charge is 0.410 e. The Labute approximate surface area is 149 Å². The number of halogens is 1. The molecule has 1 heterocycles. The molecule has 5 nitrogen and oxygen atoms in total. The van der Waals surface area contributed by atoms with Crippen LogP contribution in [0.1, 0.15) is 29.4 Å². The van der Waals surface area contributed by atoms with Crippen molar-refractivity contribution in [1.29, 1.82) is 0 Å². The van der Waals surface area contributed by atoms with E-state index in [9.17, 15) is 9.59 Å². The molecule has 0 radical (unpaired) electrons. The lowest BCUT2D eigenvalue weighted by Crippen LogP contribution is -2.42. The Morgan fingerprint density at radius 2 is 1.92 bits per heavy atom. The summed E-state index contributed by atoms with van der Waals surface area (Å²) in [7, 11) is 1.57. The van der Waals surface area contributed by atoms with Gasteiger partial charge in [0, 0.05) is 17.7 Å². The number of carbonyl (C=O) groups is 2. The molecule has 1 amide bonds. The highest BCUT2D eigenvalue weighted by atomic mass is 79.9. The maximum Gasteiger partial charge on any atom is 0.410 e. The lowest BCUT2D eigenvalue weighted by molar-refractivity contribution is 0.0708. The molecule has 2 aromatic rings. The molecule has 6 heteroatoms. The Kier molecular flexibility index (Phi) is 6.49. The van der Waals surface area contributed by atoms with Gasteiger partial charge in [0.1, 0.15) is 12.3 Å². The van der Waals surface area contributed by atoms with Crippen LogP contribution in [0, 0.1) is 0 Å². The van der Waals surface area contributed by atoms with E-state index >= 15 is 0 Å². The van der Waals surface area contributed by atoms with E-state index in [-0.39, 0.29) is 12.4 Å². The third-order valence-electron chi connectivity index (χ3n) is 3.63. The van der Waals surface area contributed by atoms with E-state index in [1.165, 1.54) is 4.90 Å². The number of Topliss-reactive ketones (excluding diaryl/α,β-unsaturated/α-hetero) is 1. The van der Waals surface area contributed by atoms with Crippen molar-refractivity contribution in [2.24, 2.45) is 0 Å². The van der Waals surface area contributed by atoms with E-state index in [1.807, 2.05) is 37.3 Å². The molecule has 2 rings (SSSR count). The van der Waals surface area contributed by atoms with Gasteiger partial charge in [-0.25, -0.2) is 4.79 Å². The van der Waals surface area contributed by atoms with E-state index in [1.54, 1.807) is 25.4 Å². The van der Waals surface area contributed by atoms with Gasteiger partial charge < -0.3 is 9.64 Å². The van der Waals surface area contributed by atoms with Crippen LogP contribution in [0.3, 0.4) is 0 Å². The van der Waals surface area contributed by atoms with Gasteiger partial charge in [-0.15, -0.1) is 0 Å². The Morgan fingerprint density at radius 3 is 2.50 bits per heavy atom. The van der Waals surface area contributed by atoms with Gasteiger partial charge in [0.25, 0.3) is 0 Å². The minimum Gasteiger partial charge on any atom is -0.445 e. The normalized spacial score (nSPS) is 11.6. The van der Waals surface area contributed by atoms with Crippen LogP contribution >= 0.6 is 15.9 Å². The molecule has 0 fully saturated rings. The van der Waals surface area contributed by atoms with Crippen molar-refractivity contribution in [2.75, 3.05) is 7.05 Å². The second-order valence-electron chi connectivity index (χ2n) is 5.30. The van der Waals surface area contributed by atoms with Crippen LogP contribution in [-0.4, -0.2) is 34.8 Å². The van der Waals surface area contributed by atoms with Gasteiger partial charge in [0.2, 0.25) is 5.78 Å². The zero-order valence-corrected chi connectivity index (χ0v) is 15.2. The second-order valence-corrected chi connectivity index (χ2v) is 6.22. The van der Waals surface area contributed by atoms with E-state index in [0.29, 0.717) is 12.1 Å². The SMILES string of the molecule is CCC(C(=O)c1ccc(Br)cn1)N(C)C(=O)OCc1ccccc1. The summed E-state index contributed by atoms with van der Waals surface area (Å²) in [5, 5.41) is 0. The van der Waals surface area contributed by atoms with E-state index < -0.39 is 12.1 Å². The molecule has 0 N–H and O–H groups in total. The fourth-order valence-electron chi connectivity index (χ4n) is 2.28. The van der Waals surface area contributed by atoms with Gasteiger partial charge in [0.05, 0.1) is 6.04 Å². The maximum absolute atomic E-state index is 12.6. The lowest BCUT2D eigenvalue weighted by Gasteiger charge is -2.25. The summed E-state index contributed by atoms with van der Waals surface area (Å²) in [6.45, 7) is 2.02. The topological polar surface area (TPSA) is 59.5 Å². The van der Waals surface area contributed by atoms with Crippen LogP contribution in [0.5, 0.6) is 0 Å². The molecule has 0 aliphatic rings. The zero-order valence-electron chi connectivity index (χ0n) is 13.6. The molecule has 0 aliphatic heterocycles. The molecule has 1 unspecified atom stereocenters. The summed E-state index contributed by atoms with van der Waals surface area (Å²) in [4.78, 5) is 30.2. The van der Waals surface area contributed by atoms with Crippen molar-refractivity contribution < 1.29 is 14.3 Å². The summed E-state index contributed by atoms with van der Waals surface area (Å²) in [6, 6.07) is 12.2. The van der Waals surface area contributed by atoms with Gasteiger partial charge in [-0.3, -0.25) is 9.78 Å². The monoisotopic (exact) mass is 390 g/mol. The number of amides is 1. The first-order valence-corrected chi connectivity index (χ1v) is 8.41. The van der Waals surface area contributed by atoms with Crippen molar-refractivity contribution in [2.45, 2.75) is 26.0 Å². The fraction of sp³-hybridized carbons (Fsp3) is 0.278. The first-order chi connectivity index (χ1) is 11.5. The standard InChI is InChI=1S/C18H19BrN2O3/c1-3-16(17(22)15-10-9-14(19)11-20-15)21(2)18(23)24-12-13-7-5-4-6-8-13/h4-11,16H,3,12H2,1-2H3. The molecule has 24 heavy (non-hydrogen) atoms. The number of ether oxygens (including phenoxy) is 1. The molecule has 0 bridgehead atoms. The highest BCUT2D eigenvalue weighted by Gasteiger charge is 2.28. The number of hydrogen-bond donors (Lipinski definition) is 0. The second kappa shape index (κ2) is 8.59. The van der Waals surface area contributed by atoms with E-state index in [4.69, 9.17) is 4.74 Å². The van der Waals surface area contributed by atoms with Crippen molar-refractivity contribution in [3.05, 3.63) is 64.4 Å². The van der Waals surface area contributed by atoms with Crippen LogP contribution in [0.15, 0.2) is 53.1 Å². The molecule has 1 aromatic heterocycles. The Hall–Kier alpha value is -2.21. The summed E-state index contributed by atoms with van der Waals surface area (Å²) in [5.41, 5.74) is 1.22. The Balaban J connectivity index is 2.01. The van der Waals surface area contributed by atoms with Crippen LogP contribution in [0.4, 0.5) is 4.79 Å². The number of aromatic nitrogens is 1. The van der Waals surface area contributed by atoms with Crippen LogP contribution in [-0.2, 0) is 11.3 Å². The predicted molar refractivity (Wildman–Crippen MR) is 94.7 cm³/mol. The number of rotatable bonds is 6. The average Bonchev–Trinajstić information content (AvgIpc) is 2.61. The van der Waals surface area contributed by atoms with Crippen molar-refractivity contribution in [1.82, 2.24) is 9.88 Å². The molecular weight excluding hydrogens is 372 g/mol. The number of ketones is 1. The van der Waals surface area contributed by atoms with Crippen LogP contribution in [0.2, 0.25) is 0 Å². The van der Waals surface area contributed by atoms with Crippen molar-refractivity contribution in [3.63, 3.8) is 0 Å². The van der Waals surface area contributed by atoms with E-state index in [2.05, 4.69) is 20.9 Å². The van der Waals surface area contributed by atoms with Gasteiger partial charge in [-0.05, 0) is 40.0 Å². The first kappa shape index (κ1) is 18.1. The number of hydrogen-bond acceptors (Lipinski definition) is 4. The first-order valence-electron chi connectivity index (χ1n) is 7.62. The third-order valence-corrected chi connectivity index (χ3v) is 4.10. The number of likely N-dealkylation sites (N-methyl/N-ethyl adjacent to an activating group) is 1. The van der Waals surface area contributed by atoms with Crippen LogP contribution < -0.4 is 0 Å². The minimum atomic E-state index is -0.609. The molecule has 0 saturated carbocycles. The Morgan fingerprint density at radius 1 is 1.21 bits per heavy atom. The number of benzene rings is 1. The van der Waals surface area contributed by atoms with E-state index in [0.717, 1.165) is 10.0 Å². The Bertz CT molecular complexity index is 689. The summed E-state index contributed by atoms with van der Waals surface area (Å²) >= 11 is 3.29. The number of pyridine rings is 1. The van der Waals surface area contributed by atoms with Crippen molar-refractivity contribution >= 4 is 27.8 Å².